The zero-order chi connectivity index (χ0) is 23.0. The summed E-state index contributed by atoms with van der Waals surface area (Å²) in [5.41, 5.74) is -1.45. The van der Waals surface area contributed by atoms with Crippen molar-refractivity contribution in [1.29, 1.82) is 0 Å². The van der Waals surface area contributed by atoms with Crippen molar-refractivity contribution in [3.8, 4) is 0 Å². The van der Waals surface area contributed by atoms with Crippen molar-refractivity contribution in [2.75, 3.05) is 25.1 Å². The number of esters is 1. The molecular formula is C20H24F3N3O4S. The number of carbonyl (C=O) groups excluding carboxylic acids is 2. The van der Waals surface area contributed by atoms with Gasteiger partial charge in [0.05, 0.1) is 28.5 Å². The minimum atomic E-state index is -4.59. The highest BCUT2D eigenvalue weighted by atomic mass is 32.1. The standard InChI is InChI=1S/C20H24F3N3O4S/c1-19(2,3)30-18(28)24-11-5-7-26(8-6-11)14-9-13(20(21,22)23)16-15(25-14)12(10-31-16)17(27)29-4/h9-11H,5-8H2,1-4H3,(H,24,28). The number of hydrogen-bond donors (Lipinski definition) is 1. The number of alkyl halides is 3. The smallest absolute Gasteiger partial charge is 0.417 e. The van der Waals surface area contributed by atoms with E-state index in [4.69, 9.17) is 4.74 Å². The number of nitrogens with one attached hydrogen (secondary N) is 1. The number of piperidine rings is 1. The fourth-order valence-electron chi connectivity index (χ4n) is 3.35. The molecule has 1 aliphatic rings. The van der Waals surface area contributed by atoms with Crippen molar-refractivity contribution < 1.29 is 32.2 Å². The third kappa shape index (κ3) is 5.38. The molecule has 0 bridgehead atoms. The molecule has 1 N–H and O–H groups in total. The van der Waals surface area contributed by atoms with Gasteiger partial charge in [-0.1, -0.05) is 0 Å². The van der Waals surface area contributed by atoms with Crippen LogP contribution in [0.15, 0.2) is 11.4 Å². The number of pyridine rings is 1. The topological polar surface area (TPSA) is 80.8 Å². The summed E-state index contributed by atoms with van der Waals surface area (Å²) in [6, 6.07) is 0.866. The monoisotopic (exact) mass is 459 g/mol. The molecule has 0 unspecified atom stereocenters. The third-order valence-electron chi connectivity index (χ3n) is 4.76. The molecule has 0 spiro atoms. The molecule has 1 aliphatic heterocycles. The molecule has 11 heteroatoms. The maximum atomic E-state index is 13.7. The molecule has 170 valence electrons. The zero-order valence-corrected chi connectivity index (χ0v) is 18.4. The first-order valence-electron chi connectivity index (χ1n) is 9.71. The van der Waals surface area contributed by atoms with E-state index in [1.807, 2.05) is 0 Å². The molecule has 3 heterocycles. The molecule has 2 aromatic heterocycles. The van der Waals surface area contributed by atoms with Gasteiger partial charge in [-0.25, -0.2) is 14.6 Å². The number of methoxy groups -OCH3 is 1. The first kappa shape index (κ1) is 23.1. The molecule has 3 rings (SSSR count). The number of fused-ring (bicyclic) bond motifs is 1. The van der Waals surface area contributed by atoms with Crippen LogP contribution in [-0.2, 0) is 15.7 Å². The molecular weight excluding hydrogens is 435 g/mol. The van der Waals surface area contributed by atoms with Gasteiger partial charge in [-0.05, 0) is 39.7 Å². The van der Waals surface area contributed by atoms with Gasteiger partial charge in [0.25, 0.3) is 0 Å². The third-order valence-corrected chi connectivity index (χ3v) is 5.76. The zero-order valence-electron chi connectivity index (χ0n) is 17.6. The minimum absolute atomic E-state index is 0.0105. The van der Waals surface area contributed by atoms with Crippen LogP contribution in [0.3, 0.4) is 0 Å². The van der Waals surface area contributed by atoms with E-state index < -0.39 is 29.4 Å². The van der Waals surface area contributed by atoms with Gasteiger partial charge in [-0.3, -0.25) is 0 Å². The van der Waals surface area contributed by atoms with Crippen LogP contribution in [0.5, 0.6) is 0 Å². The lowest BCUT2D eigenvalue weighted by molar-refractivity contribution is -0.136. The van der Waals surface area contributed by atoms with Crippen molar-refractivity contribution in [3.63, 3.8) is 0 Å². The number of aromatic nitrogens is 1. The molecule has 0 aliphatic carbocycles. The Balaban J connectivity index is 1.82. The molecule has 31 heavy (non-hydrogen) atoms. The summed E-state index contributed by atoms with van der Waals surface area (Å²) in [5, 5.41) is 4.13. The van der Waals surface area contributed by atoms with E-state index in [0.29, 0.717) is 25.9 Å². The Bertz CT molecular complexity index is 976. The van der Waals surface area contributed by atoms with E-state index in [9.17, 15) is 22.8 Å². The van der Waals surface area contributed by atoms with Gasteiger partial charge >= 0.3 is 18.2 Å². The largest absolute Gasteiger partial charge is 0.465 e. The fourth-order valence-corrected chi connectivity index (χ4v) is 4.36. The van der Waals surface area contributed by atoms with Crippen LogP contribution in [0.25, 0.3) is 10.2 Å². The molecule has 2 aromatic rings. The molecule has 7 nitrogen and oxygen atoms in total. The van der Waals surface area contributed by atoms with Crippen molar-refractivity contribution in [3.05, 3.63) is 22.6 Å². The number of nitrogens with zero attached hydrogens (tertiary/aromatic N) is 2. The Morgan fingerprint density at radius 1 is 1.23 bits per heavy atom. The quantitative estimate of drug-likeness (QED) is 0.676. The van der Waals surface area contributed by atoms with Crippen LogP contribution in [0.4, 0.5) is 23.8 Å². The molecule has 0 atom stereocenters. The highest BCUT2D eigenvalue weighted by Crippen LogP contribution is 2.40. The fraction of sp³-hybridized carbons (Fsp3) is 0.550. The van der Waals surface area contributed by atoms with Crippen LogP contribution >= 0.6 is 11.3 Å². The number of alkyl carbamates (subject to hydrolysis) is 1. The second-order valence-electron chi connectivity index (χ2n) is 8.25. The maximum Gasteiger partial charge on any atom is 0.417 e. The van der Waals surface area contributed by atoms with Gasteiger partial charge in [0, 0.05) is 24.5 Å². The number of thiophene rings is 1. The molecule has 1 saturated heterocycles. The van der Waals surface area contributed by atoms with Gasteiger partial charge in [0.2, 0.25) is 0 Å². The summed E-state index contributed by atoms with van der Waals surface area (Å²) >= 11 is 0.815. The number of ether oxygens (including phenoxy) is 2. The van der Waals surface area contributed by atoms with Crippen LogP contribution < -0.4 is 10.2 Å². The first-order chi connectivity index (χ1) is 14.4. The molecule has 0 radical (unpaired) electrons. The van der Waals surface area contributed by atoms with Crippen LogP contribution in [0, 0.1) is 0 Å². The predicted molar refractivity (Wildman–Crippen MR) is 111 cm³/mol. The van der Waals surface area contributed by atoms with Crippen LogP contribution in [0.1, 0.15) is 49.5 Å². The Morgan fingerprint density at radius 2 is 1.87 bits per heavy atom. The lowest BCUT2D eigenvalue weighted by Crippen LogP contribution is -2.46. The van der Waals surface area contributed by atoms with E-state index in [1.54, 1.807) is 25.7 Å². The summed E-state index contributed by atoms with van der Waals surface area (Å²) in [6.45, 7) is 6.09. The number of carbonyl (C=O) groups is 2. The van der Waals surface area contributed by atoms with Crippen LogP contribution in [-0.4, -0.2) is 48.9 Å². The Kier molecular flexibility index (Phi) is 6.35. The van der Waals surface area contributed by atoms with Crippen molar-refractivity contribution in [2.45, 2.75) is 51.4 Å². The average molecular weight is 459 g/mol. The van der Waals surface area contributed by atoms with Gasteiger partial charge in [0.1, 0.15) is 11.4 Å². The van der Waals surface area contributed by atoms with Gasteiger partial charge in [-0.15, -0.1) is 11.3 Å². The second kappa shape index (κ2) is 8.52. The number of anilines is 1. The van der Waals surface area contributed by atoms with E-state index in [1.165, 1.54) is 12.5 Å². The molecule has 1 amide bonds. The second-order valence-corrected chi connectivity index (χ2v) is 9.13. The first-order valence-corrected chi connectivity index (χ1v) is 10.6. The highest BCUT2D eigenvalue weighted by molar-refractivity contribution is 7.17. The number of hydrogen-bond acceptors (Lipinski definition) is 7. The summed E-state index contributed by atoms with van der Waals surface area (Å²) in [4.78, 5) is 30.0. The lowest BCUT2D eigenvalue weighted by atomic mass is 10.0. The summed E-state index contributed by atoms with van der Waals surface area (Å²) < 4.78 is 50.9. The molecule has 0 saturated carbocycles. The molecule has 0 aromatic carbocycles. The minimum Gasteiger partial charge on any atom is -0.465 e. The highest BCUT2D eigenvalue weighted by Gasteiger charge is 2.36. The van der Waals surface area contributed by atoms with E-state index >= 15 is 0 Å². The SMILES string of the molecule is COC(=O)c1csc2c(C(F)(F)F)cc(N3CCC(NC(=O)OC(C)(C)C)CC3)nc12. The summed E-state index contributed by atoms with van der Waals surface area (Å²) in [7, 11) is 1.17. The summed E-state index contributed by atoms with van der Waals surface area (Å²) in [6.07, 6.45) is -4.07. The van der Waals surface area contributed by atoms with Crippen molar-refractivity contribution in [1.82, 2.24) is 10.3 Å². The van der Waals surface area contributed by atoms with Crippen molar-refractivity contribution >= 4 is 39.4 Å². The summed E-state index contributed by atoms with van der Waals surface area (Å²) in [5.74, 6) is -0.594. The van der Waals surface area contributed by atoms with E-state index in [2.05, 4.69) is 15.0 Å². The Hall–Kier alpha value is -2.56. The maximum absolute atomic E-state index is 13.7. The van der Waals surface area contributed by atoms with Gasteiger partial charge in [-0.2, -0.15) is 13.2 Å². The Morgan fingerprint density at radius 3 is 2.42 bits per heavy atom. The lowest BCUT2D eigenvalue weighted by Gasteiger charge is -2.33. The Labute approximate surface area is 181 Å². The predicted octanol–water partition coefficient (Wildman–Crippen LogP) is 4.60. The van der Waals surface area contributed by atoms with Crippen molar-refractivity contribution in [2.24, 2.45) is 0 Å². The van der Waals surface area contributed by atoms with E-state index in [0.717, 1.165) is 17.4 Å². The van der Waals surface area contributed by atoms with Crippen LogP contribution in [0.2, 0.25) is 0 Å². The van der Waals surface area contributed by atoms with E-state index in [-0.39, 0.29) is 27.6 Å². The number of rotatable bonds is 3. The number of halogens is 3. The van der Waals surface area contributed by atoms with Gasteiger partial charge in [0.15, 0.2) is 0 Å². The number of amides is 1. The molecule has 1 fully saturated rings. The average Bonchev–Trinajstić information content (AvgIpc) is 3.08. The van der Waals surface area contributed by atoms with Gasteiger partial charge < -0.3 is 19.7 Å². The normalized spacial score (nSPS) is 15.8.